The molecule has 0 bridgehead atoms. The van der Waals surface area contributed by atoms with Crippen LogP contribution in [0, 0.1) is 12.7 Å². The fourth-order valence-corrected chi connectivity index (χ4v) is 1.99. The Morgan fingerprint density at radius 1 is 1.08 bits per heavy atom. The van der Waals surface area contributed by atoms with Crippen molar-refractivity contribution in [3.8, 4) is 0 Å². The third-order valence-electron chi connectivity index (χ3n) is 3.19. The van der Waals surface area contributed by atoms with Crippen LogP contribution in [0.15, 0.2) is 48.5 Å². The summed E-state index contributed by atoms with van der Waals surface area (Å²) in [5.41, 5.74) is 7.88. The molecule has 2 aromatic carbocycles. The quantitative estimate of drug-likeness (QED) is 0.738. The van der Waals surface area contributed by atoms with E-state index in [0.29, 0.717) is 16.9 Å². The van der Waals surface area contributed by atoms with E-state index in [4.69, 9.17) is 5.73 Å². The van der Waals surface area contributed by atoms with Crippen molar-refractivity contribution in [2.45, 2.75) is 6.92 Å². The van der Waals surface area contributed by atoms with Crippen LogP contribution in [0.25, 0.3) is 6.08 Å². The van der Waals surface area contributed by atoms with Crippen LogP contribution in [-0.2, 0) is 9.59 Å². The van der Waals surface area contributed by atoms with Gasteiger partial charge in [-0.25, -0.2) is 4.39 Å². The van der Waals surface area contributed by atoms with E-state index in [-0.39, 0.29) is 24.2 Å². The fraction of sp³-hybridized carbons (Fsp3) is 0.111. The number of rotatable bonds is 5. The third-order valence-corrected chi connectivity index (χ3v) is 3.19. The van der Waals surface area contributed by atoms with Gasteiger partial charge in [0.15, 0.2) is 0 Å². The molecule has 0 aromatic heterocycles. The first-order valence-electron chi connectivity index (χ1n) is 7.33. The van der Waals surface area contributed by atoms with Crippen LogP contribution in [0.1, 0.15) is 11.1 Å². The molecule has 0 saturated carbocycles. The van der Waals surface area contributed by atoms with Gasteiger partial charge in [0.05, 0.1) is 17.9 Å². The molecule has 0 unspecified atom stereocenters. The summed E-state index contributed by atoms with van der Waals surface area (Å²) < 4.78 is 12.8. The second-order valence-electron chi connectivity index (χ2n) is 5.18. The van der Waals surface area contributed by atoms with E-state index in [1.807, 2.05) is 13.0 Å². The van der Waals surface area contributed by atoms with Crippen LogP contribution < -0.4 is 16.4 Å². The molecule has 0 heterocycles. The van der Waals surface area contributed by atoms with Crippen molar-refractivity contribution in [3.05, 3.63) is 65.5 Å². The number of anilines is 2. The van der Waals surface area contributed by atoms with Gasteiger partial charge in [-0.3, -0.25) is 9.59 Å². The van der Waals surface area contributed by atoms with Gasteiger partial charge >= 0.3 is 0 Å². The van der Waals surface area contributed by atoms with E-state index < -0.39 is 0 Å². The zero-order valence-corrected chi connectivity index (χ0v) is 13.2. The van der Waals surface area contributed by atoms with Crippen molar-refractivity contribution in [1.29, 1.82) is 0 Å². The molecule has 2 rings (SSSR count). The molecule has 124 valence electrons. The van der Waals surface area contributed by atoms with Gasteiger partial charge < -0.3 is 16.4 Å². The number of nitrogens with two attached hydrogens (primary N) is 1. The number of benzene rings is 2. The van der Waals surface area contributed by atoms with Crippen LogP contribution in [0.5, 0.6) is 0 Å². The summed E-state index contributed by atoms with van der Waals surface area (Å²) in [4.78, 5) is 23.5. The highest BCUT2D eigenvalue weighted by Gasteiger charge is 2.08. The maximum atomic E-state index is 12.8. The average Bonchev–Trinajstić information content (AvgIpc) is 2.56. The van der Waals surface area contributed by atoms with Crippen LogP contribution in [-0.4, -0.2) is 18.4 Å². The molecule has 6 heteroatoms. The predicted octanol–water partition coefficient (Wildman–Crippen LogP) is 2.68. The summed E-state index contributed by atoms with van der Waals surface area (Å²) >= 11 is 0. The van der Waals surface area contributed by atoms with Crippen LogP contribution in [0.2, 0.25) is 0 Å². The smallest absolute Gasteiger partial charge is 0.248 e. The van der Waals surface area contributed by atoms with Gasteiger partial charge in [-0.1, -0.05) is 18.2 Å². The molecule has 2 amide bonds. The minimum Gasteiger partial charge on any atom is -0.323 e. The van der Waals surface area contributed by atoms with Crippen LogP contribution in [0.3, 0.4) is 0 Å². The lowest BCUT2D eigenvalue weighted by atomic mass is 10.1. The average molecular weight is 327 g/mol. The van der Waals surface area contributed by atoms with Gasteiger partial charge in [0, 0.05) is 6.08 Å². The Morgan fingerprint density at radius 2 is 1.79 bits per heavy atom. The third kappa shape index (κ3) is 5.03. The molecule has 0 fully saturated rings. The second kappa shape index (κ2) is 8.03. The number of hydrogen-bond donors (Lipinski definition) is 3. The maximum Gasteiger partial charge on any atom is 0.248 e. The zero-order valence-electron chi connectivity index (χ0n) is 13.2. The normalized spacial score (nSPS) is 10.6. The van der Waals surface area contributed by atoms with Gasteiger partial charge in [0.2, 0.25) is 11.8 Å². The SMILES string of the molecule is Cc1ccc(NC(=O)/C=C/c2ccc(F)cc2)c(NC(=O)CN)c1. The van der Waals surface area contributed by atoms with Crippen molar-refractivity contribution in [2.24, 2.45) is 5.73 Å². The monoisotopic (exact) mass is 327 g/mol. The number of halogens is 1. The Labute approximate surface area is 139 Å². The van der Waals surface area contributed by atoms with E-state index in [1.54, 1.807) is 30.3 Å². The van der Waals surface area contributed by atoms with Gasteiger partial charge in [0.25, 0.3) is 0 Å². The Kier molecular flexibility index (Phi) is 5.81. The molecule has 0 aliphatic heterocycles. The van der Waals surface area contributed by atoms with E-state index in [9.17, 15) is 14.0 Å². The first-order chi connectivity index (χ1) is 11.5. The molecule has 0 aliphatic rings. The molecule has 5 nitrogen and oxygen atoms in total. The van der Waals surface area contributed by atoms with E-state index in [0.717, 1.165) is 5.56 Å². The molecule has 0 saturated heterocycles. The number of hydrogen-bond acceptors (Lipinski definition) is 3. The Balaban J connectivity index is 2.10. The largest absolute Gasteiger partial charge is 0.323 e. The summed E-state index contributed by atoms with van der Waals surface area (Å²) in [6.07, 6.45) is 2.91. The van der Waals surface area contributed by atoms with Gasteiger partial charge in [-0.2, -0.15) is 0 Å². The number of amides is 2. The lowest BCUT2D eigenvalue weighted by molar-refractivity contribution is -0.115. The molecule has 0 atom stereocenters. The van der Waals surface area contributed by atoms with Crippen molar-refractivity contribution < 1.29 is 14.0 Å². The summed E-state index contributed by atoms with van der Waals surface area (Å²) in [6, 6.07) is 11.0. The van der Waals surface area contributed by atoms with Crippen LogP contribution in [0.4, 0.5) is 15.8 Å². The minimum atomic E-state index is -0.369. The predicted molar refractivity (Wildman–Crippen MR) is 92.9 cm³/mol. The van der Waals surface area contributed by atoms with Crippen molar-refractivity contribution in [3.63, 3.8) is 0 Å². The van der Waals surface area contributed by atoms with Crippen LogP contribution >= 0.6 is 0 Å². The molecular weight excluding hydrogens is 309 g/mol. The fourth-order valence-electron chi connectivity index (χ4n) is 1.99. The molecular formula is C18H18FN3O2. The topological polar surface area (TPSA) is 84.2 Å². The first-order valence-corrected chi connectivity index (χ1v) is 7.33. The lowest BCUT2D eigenvalue weighted by Gasteiger charge is -2.12. The second-order valence-corrected chi connectivity index (χ2v) is 5.18. The maximum absolute atomic E-state index is 12.8. The lowest BCUT2D eigenvalue weighted by Crippen LogP contribution is -2.23. The molecule has 24 heavy (non-hydrogen) atoms. The highest BCUT2D eigenvalue weighted by atomic mass is 19.1. The summed E-state index contributed by atoms with van der Waals surface area (Å²) in [7, 11) is 0. The minimum absolute atomic E-state index is 0.147. The summed E-state index contributed by atoms with van der Waals surface area (Å²) in [6.45, 7) is 1.73. The highest BCUT2D eigenvalue weighted by Crippen LogP contribution is 2.23. The zero-order chi connectivity index (χ0) is 17.5. The van der Waals surface area contributed by atoms with Crippen molar-refractivity contribution >= 4 is 29.3 Å². The van der Waals surface area contributed by atoms with Gasteiger partial charge in [-0.15, -0.1) is 0 Å². The number of nitrogens with one attached hydrogen (secondary N) is 2. The van der Waals surface area contributed by atoms with E-state index in [2.05, 4.69) is 10.6 Å². The summed E-state index contributed by atoms with van der Waals surface area (Å²) in [5.74, 6) is -1.05. The highest BCUT2D eigenvalue weighted by molar-refractivity contribution is 6.05. The standard InChI is InChI=1S/C18H18FN3O2/c1-12-2-8-15(16(10-12)22-18(24)11-20)21-17(23)9-5-13-3-6-14(19)7-4-13/h2-10H,11,20H2,1H3,(H,21,23)(H,22,24)/b9-5+. The molecule has 2 aromatic rings. The number of carbonyl (C=O) groups excluding carboxylic acids is 2. The van der Waals surface area contributed by atoms with Crippen molar-refractivity contribution in [2.75, 3.05) is 17.2 Å². The molecule has 0 spiro atoms. The van der Waals surface area contributed by atoms with E-state index >= 15 is 0 Å². The van der Waals surface area contributed by atoms with Crippen molar-refractivity contribution in [1.82, 2.24) is 0 Å². The molecule has 0 radical (unpaired) electrons. The van der Waals surface area contributed by atoms with Gasteiger partial charge in [0.1, 0.15) is 5.82 Å². The Hall–Kier alpha value is -2.99. The van der Waals surface area contributed by atoms with E-state index in [1.165, 1.54) is 18.2 Å². The molecule has 0 aliphatic carbocycles. The number of carbonyl (C=O) groups is 2. The summed E-state index contributed by atoms with van der Waals surface area (Å²) in [5, 5.41) is 5.34. The molecule has 4 N–H and O–H groups in total. The Bertz CT molecular complexity index is 770. The first kappa shape index (κ1) is 17.4. The number of aryl methyl sites for hydroxylation is 1. The Morgan fingerprint density at radius 3 is 2.46 bits per heavy atom. The van der Waals surface area contributed by atoms with Gasteiger partial charge in [-0.05, 0) is 48.4 Å².